The Morgan fingerprint density at radius 2 is 0.925 bits per heavy atom. The van der Waals surface area contributed by atoms with Crippen LogP contribution in [0.15, 0.2) is 166 Å². The molecule has 358 valence electrons. The van der Waals surface area contributed by atoms with Crippen LogP contribution in [0.2, 0.25) is 38.3 Å². The second-order valence-corrected chi connectivity index (χ2v) is 30.1. The first kappa shape index (κ1) is 76.6. The van der Waals surface area contributed by atoms with Gasteiger partial charge in [0.05, 0.1) is 8.07 Å². The minimum absolute atomic E-state index is 0. The molecule has 4 rings (SSSR count). The Balaban J connectivity index is -0.000000170. The fourth-order valence-corrected chi connectivity index (χ4v) is 9.84. The molecule has 4 aromatic rings. The number of hydrogen-bond donors (Lipinski definition) is 0. The average molecular weight is 942 g/mol. The minimum atomic E-state index is -1.30. The molecule has 0 bridgehead atoms. The van der Waals surface area contributed by atoms with Crippen LogP contribution in [0.1, 0.15) is 135 Å². The monoisotopic (exact) mass is 941 g/mol. The third-order valence-corrected chi connectivity index (χ3v) is 15.9. The van der Waals surface area contributed by atoms with Crippen molar-refractivity contribution in [3.05, 3.63) is 207 Å². The van der Waals surface area contributed by atoms with Crippen molar-refractivity contribution in [3.63, 3.8) is 0 Å². The smallest absolute Gasteiger partial charge is 0.332 e. The Morgan fingerprint density at radius 3 is 1.21 bits per heavy atom. The predicted octanol–water partition coefficient (Wildman–Crippen LogP) is 11.8. The maximum atomic E-state index is 5.90. The van der Waals surface area contributed by atoms with Gasteiger partial charge in [-0.1, -0.05) is 223 Å². The van der Waals surface area contributed by atoms with Crippen LogP contribution < -0.4 is 56.6 Å². The Morgan fingerprint density at radius 1 is 0.552 bits per heavy atom. The van der Waals surface area contributed by atoms with Crippen molar-refractivity contribution in [2.45, 2.75) is 151 Å². The van der Waals surface area contributed by atoms with Gasteiger partial charge in [-0.2, -0.15) is 72.7 Å². The predicted molar refractivity (Wildman–Crippen MR) is 305 cm³/mol. The van der Waals surface area contributed by atoms with Crippen molar-refractivity contribution in [1.82, 2.24) is 0 Å². The van der Waals surface area contributed by atoms with Crippen LogP contribution >= 0.6 is 11.1 Å². The molecule has 0 spiro atoms. The molecule has 0 radical (unpaired) electrons. The number of unbranched alkanes of at least 4 members (excludes halogenated alkanes) is 1. The molecular formula is C61H96ClLi3Si2. The second kappa shape index (κ2) is 51.9. The van der Waals surface area contributed by atoms with Crippen LogP contribution in [-0.2, 0) is 0 Å². The summed E-state index contributed by atoms with van der Waals surface area (Å²) in [7, 11) is -2.57. The first-order valence-corrected chi connectivity index (χ1v) is 31.7. The van der Waals surface area contributed by atoms with Crippen molar-refractivity contribution in [2.24, 2.45) is 17.8 Å². The molecule has 3 unspecified atom stereocenters. The molecule has 0 saturated carbocycles. The molecule has 0 nitrogen and oxygen atoms in total. The first-order valence-electron chi connectivity index (χ1n) is 24.2. The molecule has 0 heterocycles. The van der Waals surface area contributed by atoms with Crippen LogP contribution in [-0.4, -0.2) is 15.5 Å². The zero-order valence-electron chi connectivity index (χ0n) is 46.5. The van der Waals surface area contributed by atoms with Gasteiger partial charge in [0.2, 0.25) is 0 Å². The summed E-state index contributed by atoms with van der Waals surface area (Å²) in [6.07, 6.45) is 23.0. The Bertz CT molecular complexity index is 1610. The van der Waals surface area contributed by atoms with Crippen LogP contribution in [0.4, 0.5) is 0 Å². The van der Waals surface area contributed by atoms with E-state index in [0.717, 1.165) is 35.8 Å². The Kier molecular flexibility index (Phi) is 59.4. The van der Waals surface area contributed by atoms with E-state index in [4.69, 9.17) is 11.1 Å². The van der Waals surface area contributed by atoms with Gasteiger partial charge >= 0.3 is 56.6 Å². The number of allylic oxidation sites excluding steroid dienone is 3. The molecule has 0 aliphatic rings. The summed E-state index contributed by atoms with van der Waals surface area (Å²) < 4.78 is 0. The molecule has 0 amide bonds. The maximum Gasteiger partial charge on any atom is 1.00 e. The minimum Gasteiger partial charge on any atom is -0.332 e. The summed E-state index contributed by atoms with van der Waals surface area (Å²) in [6, 6.07) is 44.4. The zero-order valence-corrected chi connectivity index (χ0v) is 49.2. The Hall–Kier alpha value is -1.90. The van der Waals surface area contributed by atoms with Gasteiger partial charge in [-0.05, 0) is 47.5 Å². The molecule has 0 aliphatic carbocycles. The molecule has 6 heteroatoms. The van der Waals surface area contributed by atoms with Gasteiger partial charge in [-0.15, -0.1) is 44.0 Å². The normalized spacial score (nSPS) is 11.0. The van der Waals surface area contributed by atoms with Crippen LogP contribution in [0.3, 0.4) is 0 Å². The SMILES string of the molecule is C=CCC.C=CC[Si](C)(C)C(CC(C)CC)c1ccccc1.C=CC[Si](C)(C)Cl.C=Cc1ccccc1.CC(C)C[CH-]c1ccccc1.CCC(C)C[CH-]c1ccccc1.C[CH-]CC.[Li+].[Li+].[Li+]. The van der Waals surface area contributed by atoms with Crippen molar-refractivity contribution in [3.8, 4) is 0 Å². The van der Waals surface area contributed by atoms with E-state index in [0.29, 0.717) is 0 Å². The van der Waals surface area contributed by atoms with Crippen LogP contribution in [0, 0.1) is 37.0 Å². The van der Waals surface area contributed by atoms with E-state index in [-0.39, 0.29) is 56.6 Å². The van der Waals surface area contributed by atoms with E-state index in [9.17, 15) is 0 Å². The van der Waals surface area contributed by atoms with Gasteiger partial charge < -0.3 is 6.42 Å². The summed E-state index contributed by atoms with van der Waals surface area (Å²) in [5.74, 6) is 2.38. The topological polar surface area (TPSA) is 0 Å². The molecule has 0 fully saturated rings. The van der Waals surface area contributed by atoms with Crippen molar-refractivity contribution in [1.29, 1.82) is 0 Å². The quantitative estimate of drug-likeness (QED) is 0.0380. The molecule has 0 N–H and O–H groups in total. The van der Waals surface area contributed by atoms with Crippen LogP contribution in [0.25, 0.3) is 6.08 Å². The second-order valence-electron chi connectivity index (χ2n) is 18.1. The maximum absolute atomic E-state index is 5.90. The third kappa shape index (κ3) is 50.3. The van der Waals surface area contributed by atoms with E-state index >= 15 is 0 Å². The van der Waals surface area contributed by atoms with Gasteiger partial charge in [0.15, 0.2) is 7.38 Å². The fraction of sp³-hybridized carbons (Fsp3) is 0.426. The van der Waals surface area contributed by atoms with E-state index in [1.54, 1.807) is 0 Å². The number of hydrogen-bond acceptors (Lipinski definition) is 0. The zero-order chi connectivity index (χ0) is 49.1. The summed E-state index contributed by atoms with van der Waals surface area (Å²) in [6.45, 7) is 43.8. The summed E-state index contributed by atoms with van der Waals surface area (Å²) in [5, 5.41) is 0. The van der Waals surface area contributed by atoms with Crippen molar-refractivity contribution in [2.75, 3.05) is 0 Å². The van der Waals surface area contributed by atoms with Gasteiger partial charge in [0, 0.05) is 0 Å². The molecular weight excluding hydrogens is 845 g/mol. The number of benzene rings is 4. The first-order chi connectivity index (χ1) is 30.4. The molecule has 3 atom stereocenters. The van der Waals surface area contributed by atoms with Gasteiger partial charge in [-0.3, -0.25) is 0 Å². The van der Waals surface area contributed by atoms with Gasteiger partial charge in [0.25, 0.3) is 0 Å². The Labute approximate surface area is 461 Å². The summed E-state index contributed by atoms with van der Waals surface area (Å²) in [4.78, 5) is 0. The van der Waals surface area contributed by atoms with Crippen molar-refractivity contribution >= 4 is 32.6 Å². The van der Waals surface area contributed by atoms with Crippen LogP contribution in [0.5, 0.6) is 0 Å². The number of halogens is 1. The number of rotatable bonds is 19. The van der Waals surface area contributed by atoms with E-state index in [2.05, 4.69) is 225 Å². The van der Waals surface area contributed by atoms with E-state index < -0.39 is 15.5 Å². The molecule has 0 aliphatic heterocycles. The van der Waals surface area contributed by atoms with Crippen molar-refractivity contribution < 1.29 is 56.6 Å². The largest absolute Gasteiger partial charge is 1.00 e. The molecule has 4 aromatic carbocycles. The van der Waals surface area contributed by atoms with E-state index in [1.807, 2.05) is 54.6 Å². The van der Waals surface area contributed by atoms with Gasteiger partial charge in [0.1, 0.15) is 0 Å². The summed E-state index contributed by atoms with van der Waals surface area (Å²) in [5.41, 5.74) is 6.15. The standard InChI is InChI=1S/C17H28Si.C12H17.C11H15.C8H8.C5H11ClSi.C4H9.C4H8.3Li/c1-6-13-18(4,5)17(14-15(3)7-2)16-11-9-8-10-12-16;1-3-11(2)9-10-12-7-5-4-6-8-12;1-10(2)8-9-11-6-4-3-5-7-11;1-2-8-6-4-3-5-7-8;1-4-5-7(2,3)6;2*1-3-4-2;;;/h6,8-12,15,17H,1,7,13-14H2,2-5H3;4-8,10-11H,3,9H2,1-2H3;3-7,9-10H,8H2,1-2H3;2-7H,1H2;4H,1,5H2,2-3H3;3H,4H2,1-2H3;3H,1,4H2,2H3;;;/q;2*-1;;;-1;;3*+1. The average Bonchev–Trinajstić information content (AvgIpc) is 3.31. The summed E-state index contributed by atoms with van der Waals surface area (Å²) >= 11 is 5.90. The molecule has 67 heavy (non-hydrogen) atoms. The van der Waals surface area contributed by atoms with Gasteiger partial charge in [-0.25, -0.2) is 0 Å². The molecule has 0 aromatic heterocycles. The van der Waals surface area contributed by atoms with E-state index in [1.165, 1.54) is 66.8 Å². The third-order valence-electron chi connectivity index (χ3n) is 10.4. The fourth-order valence-electron chi connectivity index (χ4n) is 5.66. The molecule has 0 saturated heterocycles.